The Bertz CT molecular complexity index is 914. The molecule has 2 aliphatic heterocycles. The molecule has 0 unspecified atom stereocenters. The number of likely N-dealkylation sites (tertiary alicyclic amines) is 1. The molecule has 31 heavy (non-hydrogen) atoms. The Balaban J connectivity index is 0.00000231. The van der Waals surface area contributed by atoms with E-state index in [1.165, 1.54) is 6.07 Å². The van der Waals surface area contributed by atoms with E-state index in [0.717, 1.165) is 57.3 Å². The molecule has 5 nitrogen and oxygen atoms in total. The van der Waals surface area contributed by atoms with Gasteiger partial charge in [0.25, 0.3) is 5.91 Å². The van der Waals surface area contributed by atoms with E-state index in [-0.39, 0.29) is 35.3 Å². The number of morpholine rings is 1. The van der Waals surface area contributed by atoms with Crippen LogP contribution in [0.4, 0.5) is 4.39 Å². The molecule has 2 saturated heterocycles. The molecular formula is C24H29ClFN3O2. The Labute approximate surface area is 189 Å². The van der Waals surface area contributed by atoms with Crippen LogP contribution in [0, 0.1) is 5.82 Å². The predicted octanol–water partition coefficient (Wildman–Crippen LogP) is 3.72. The average molecular weight is 446 g/mol. The summed E-state index contributed by atoms with van der Waals surface area (Å²) in [4.78, 5) is 21.7. The van der Waals surface area contributed by atoms with Crippen molar-refractivity contribution >= 4 is 18.3 Å². The number of carbonyl (C=O) groups is 1. The second-order valence-corrected chi connectivity index (χ2v) is 9.03. The molecule has 3 heterocycles. The molecule has 0 atom stereocenters. The van der Waals surface area contributed by atoms with Crippen molar-refractivity contribution in [2.75, 3.05) is 32.7 Å². The van der Waals surface area contributed by atoms with Crippen molar-refractivity contribution in [2.24, 2.45) is 0 Å². The average Bonchev–Trinajstić information content (AvgIpc) is 3.51. The molecule has 3 aliphatic rings. The minimum atomic E-state index is -0.270. The van der Waals surface area contributed by atoms with Gasteiger partial charge in [0.05, 0.1) is 24.3 Å². The second kappa shape index (κ2) is 8.85. The molecule has 0 bridgehead atoms. The highest BCUT2D eigenvalue weighted by atomic mass is 35.5. The summed E-state index contributed by atoms with van der Waals surface area (Å²) in [6.45, 7) is 3.97. The third-order valence-electron chi connectivity index (χ3n) is 6.79. The number of rotatable bonds is 4. The number of carbonyl (C=O) groups excluding carboxylic acids is 1. The number of aromatic nitrogens is 1. The van der Waals surface area contributed by atoms with Crippen LogP contribution in [0.25, 0.3) is 0 Å². The Hall–Kier alpha value is -2.02. The van der Waals surface area contributed by atoms with Gasteiger partial charge in [-0.15, -0.1) is 12.4 Å². The quantitative estimate of drug-likeness (QED) is 0.719. The van der Waals surface area contributed by atoms with Crippen molar-refractivity contribution in [1.82, 2.24) is 14.8 Å². The molecular weight excluding hydrogens is 417 g/mol. The van der Waals surface area contributed by atoms with Crippen molar-refractivity contribution in [1.29, 1.82) is 0 Å². The summed E-state index contributed by atoms with van der Waals surface area (Å²) >= 11 is 0. The molecule has 5 rings (SSSR count). The fourth-order valence-electron chi connectivity index (χ4n) is 4.89. The number of hydrogen-bond donors (Lipinski definition) is 0. The zero-order chi connectivity index (χ0) is 20.6. The van der Waals surface area contributed by atoms with Crippen molar-refractivity contribution < 1.29 is 13.9 Å². The van der Waals surface area contributed by atoms with Crippen molar-refractivity contribution in [3.05, 3.63) is 65.7 Å². The van der Waals surface area contributed by atoms with E-state index in [9.17, 15) is 9.18 Å². The minimum Gasteiger partial charge on any atom is -0.365 e. The molecule has 1 aliphatic carbocycles. The molecule has 1 amide bonds. The highest BCUT2D eigenvalue weighted by Gasteiger charge is 2.56. The van der Waals surface area contributed by atoms with Gasteiger partial charge in [-0.05, 0) is 55.9 Å². The maximum absolute atomic E-state index is 13.9. The van der Waals surface area contributed by atoms with Crippen LogP contribution in [0.5, 0.6) is 0 Å². The van der Waals surface area contributed by atoms with Gasteiger partial charge in [-0.2, -0.15) is 0 Å². The van der Waals surface area contributed by atoms with Crippen LogP contribution in [0.2, 0.25) is 0 Å². The normalized spacial score (nSPS) is 21.6. The molecule has 1 aromatic carbocycles. The fraction of sp³-hybridized carbons (Fsp3) is 0.500. The van der Waals surface area contributed by atoms with Crippen molar-refractivity contribution in [2.45, 2.75) is 43.3 Å². The molecule has 0 N–H and O–H groups in total. The number of nitrogens with zero attached hydrogens (tertiary/aromatic N) is 3. The van der Waals surface area contributed by atoms with Crippen LogP contribution in [0.1, 0.15) is 41.7 Å². The van der Waals surface area contributed by atoms with Gasteiger partial charge in [0.2, 0.25) is 0 Å². The van der Waals surface area contributed by atoms with Crippen LogP contribution in [0.3, 0.4) is 0 Å². The zero-order valence-corrected chi connectivity index (χ0v) is 18.5. The number of ether oxygens (including phenoxy) is 1. The lowest BCUT2D eigenvalue weighted by atomic mass is 9.87. The molecule has 1 saturated carbocycles. The maximum Gasteiger partial charge on any atom is 0.272 e. The minimum absolute atomic E-state index is 0. The van der Waals surface area contributed by atoms with Crippen LogP contribution >= 0.6 is 12.4 Å². The van der Waals surface area contributed by atoms with Gasteiger partial charge < -0.3 is 14.5 Å². The Morgan fingerprint density at radius 3 is 2.32 bits per heavy atom. The Morgan fingerprint density at radius 1 is 1.00 bits per heavy atom. The summed E-state index contributed by atoms with van der Waals surface area (Å²) in [5.74, 6) is -0.118. The van der Waals surface area contributed by atoms with E-state index < -0.39 is 0 Å². The van der Waals surface area contributed by atoms with Gasteiger partial charge in [0.1, 0.15) is 11.5 Å². The monoisotopic (exact) mass is 445 g/mol. The number of benzene rings is 1. The van der Waals surface area contributed by atoms with Gasteiger partial charge >= 0.3 is 0 Å². The fourth-order valence-corrected chi connectivity index (χ4v) is 4.89. The molecule has 2 aromatic rings. The van der Waals surface area contributed by atoms with Gasteiger partial charge in [0.15, 0.2) is 0 Å². The zero-order valence-electron chi connectivity index (χ0n) is 17.6. The van der Waals surface area contributed by atoms with Crippen LogP contribution in [-0.4, -0.2) is 64.6 Å². The van der Waals surface area contributed by atoms with E-state index in [2.05, 4.69) is 9.88 Å². The molecule has 2 spiro atoms. The first-order valence-corrected chi connectivity index (χ1v) is 10.9. The van der Waals surface area contributed by atoms with E-state index in [1.807, 2.05) is 29.2 Å². The summed E-state index contributed by atoms with van der Waals surface area (Å²) in [5.41, 5.74) is 0.856. The summed E-state index contributed by atoms with van der Waals surface area (Å²) in [5, 5.41) is 0. The van der Waals surface area contributed by atoms with E-state index in [0.29, 0.717) is 18.8 Å². The highest BCUT2D eigenvalue weighted by Crippen LogP contribution is 2.49. The topological polar surface area (TPSA) is 45.7 Å². The highest BCUT2D eigenvalue weighted by molar-refractivity contribution is 5.92. The van der Waals surface area contributed by atoms with Gasteiger partial charge in [-0.1, -0.05) is 24.3 Å². The first-order valence-electron chi connectivity index (χ1n) is 10.9. The number of piperidine rings is 1. The first kappa shape index (κ1) is 22.2. The molecule has 1 aromatic heterocycles. The predicted molar refractivity (Wildman–Crippen MR) is 119 cm³/mol. The third kappa shape index (κ3) is 4.76. The van der Waals surface area contributed by atoms with Gasteiger partial charge in [0, 0.05) is 25.8 Å². The lowest BCUT2D eigenvalue weighted by molar-refractivity contribution is -0.179. The van der Waals surface area contributed by atoms with E-state index in [4.69, 9.17) is 4.74 Å². The Morgan fingerprint density at radius 2 is 1.68 bits per heavy atom. The SMILES string of the molecule is Cl.O=C(c1ccccn1)N1CC2(CCN(CCc3ccccc3F)CC2)OC2(CC2)C1. The molecule has 3 fully saturated rings. The third-order valence-corrected chi connectivity index (χ3v) is 6.79. The summed E-state index contributed by atoms with van der Waals surface area (Å²) in [6.07, 6.45) is 6.24. The molecule has 166 valence electrons. The van der Waals surface area contributed by atoms with Crippen LogP contribution in [0.15, 0.2) is 48.7 Å². The number of hydrogen-bond acceptors (Lipinski definition) is 4. The van der Waals surface area contributed by atoms with Gasteiger partial charge in [-0.25, -0.2) is 4.39 Å². The largest absolute Gasteiger partial charge is 0.365 e. The van der Waals surface area contributed by atoms with Gasteiger partial charge in [-0.3, -0.25) is 9.78 Å². The van der Waals surface area contributed by atoms with E-state index in [1.54, 1.807) is 18.3 Å². The van der Waals surface area contributed by atoms with Crippen LogP contribution in [-0.2, 0) is 11.2 Å². The van der Waals surface area contributed by atoms with E-state index >= 15 is 0 Å². The van der Waals surface area contributed by atoms with Crippen molar-refractivity contribution in [3.8, 4) is 0 Å². The smallest absolute Gasteiger partial charge is 0.272 e. The molecule has 7 heteroatoms. The molecule has 0 radical (unpaired) electrons. The maximum atomic E-state index is 13.9. The number of amides is 1. The summed E-state index contributed by atoms with van der Waals surface area (Å²) in [7, 11) is 0. The van der Waals surface area contributed by atoms with Crippen molar-refractivity contribution in [3.63, 3.8) is 0 Å². The number of pyridine rings is 1. The summed E-state index contributed by atoms with van der Waals surface area (Å²) in [6, 6.07) is 12.5. The second-order valence-electron chi connectivity index (χ2n) is 9.03. The lowest BCUT2D eigenvalue weighted by Crippen LogP contribution is -2.61. The lowest BCUT2D eigenvalue weighted by Gasteiger charge is -2.50. The standard InChI is InChI=1S/C24H28FN3O2.ClH/c25-20-6-2-1-5-19(20)8-14-27-15-11-24(12-16-27)18-28(17-23(30-24)9-10-23)22(29)21-7-3-4-13-26-21;/h1-7,13H,8-12,14-18H2;1H. The first-order chi connectivity index (χ1) is 14.6. The Kier molecular flexibility index (Phi) is 6.33. The number of halogens is 2. The van der Waals surface area contributed by atoms with Crippen LogP contribution < -0.4 is 0 Å². The summed E-state index contributed by atoms with van der Waals surface area (Å²) < 4.78 is 20.6.